The molecule has 0 fully saturated rings. The number of rotatable bonds is 6. The Bertz CT molecular complexity index is 614. The van der Waals surface area contributed by atoms with Crippen molar-refractivity contribution in [1.82, 2.24) is 0 Å². The molecule has 0 saturated heterocycles. The minimum atomic E-state index is -0.711. The Labute approximate surface area is 123 Å². The van der Waals surface area contributed by atoms with Crippen LogP contribution in [0, 0.1) is 0 Å². The number of nitrogens with one attached hydrogen (secondary N) is 1. The second kappa shape index (κ2) is 6.65. The van der Waals surface area contributed by atoms with Gasteiger partial charge in [0, 0.05) is 11.3 Å². The zero-order valence-corrected chi connectivity index (χ0v) is 12.0. The molecule has 2 aromatic rings. The van der Waals surface area contributed by atoms with Gasteiger partial charge in [0.1, 0.15) is 17.5 Å². The fourth-order valence-corrected chi connectivity index (χ4v) is 2.07. The first-order valence-electron chi connectivity index (χ1n) is 6.48. The van der Waals surface area contributed by atoms with E-state index in [9.17, 15) is 4.79 Å². The predicted molar refractivity (Wildman–Crippen MR) is 81.5 cm³/mol. The lowest BCUT2D eigenvalue weighted by atomic mass is 10.0. The third-order valence-corrected chi connectivity index (χ3v) is 3.12. The Balaban J connectivity index is 2.40. The second-order valence-corrected chi connectivity index (χ2v) is 4.45. The second-order valence-electron chi connectivity index (χ2n) is 4.45. The average molecular weight is 286 g/mol. The highest BCUT2D eigenvalue weighted by Gasteiger charge is 2.22. The largest absolute Gasteiger partial charge is 0.497 e. The monoisotopic (exact) mass is 286 g/mol. The standard InChI is InChI=1S/C16H18N2O3/c1-20-12-8-9-14(21-2)13(10-12)15(16(17)19)18-11-6-4-3-5-7-11/h3-10,15,18H,1-2H3,(H2,17,19). The number of ether oxygens (including phenoxy) is 2. The van der Waals surface area contributed by atoms with Crippen LogP contribution in [0.3, 0.4) is 0 Å². The summed E-state index contributed by atoms with van der Waals surface area (Å²) in [7, 11) is 3.11. The van der Waals surface area contributed by atoms with Crippen molar-refractivity contribution in [3.8, 4) is 11.5 Å². The molecule has 110 valence electrons. The molecular weight excluding hydrogens is 268 g/mol. The molecule has 1 unspecified atom stereocenters. The number of benzene rings is 2. The van der Waals surface area contributed by atoms with E-state index in [1.165, 1.54) is 0 Å². The third-order valence-electron chi connectivity index (χ3n) is 3.12. The summed E-state index contributed by atoms with van der Waals surface area (Å²) >= 11 is 0. The highest BCUT2D eigenvalue weighted by atomic mass is 16.5. The Kier molecular flexibility index (Phi) is 4.66. The summed E-state index contributed by atoms with van der Waals surface area (Å²) in [6, 6.07) is 13.9. The number of anilines is 1. The number of carbonyl (C=O) groups is 1. The normalized spacial score (nSPS) is 11.5. The first kappa shape index (κ1) is 14.7. The Morgan fingerprint density at radius 3 is 2.38 bits per heavy atom. The van der Waals surface area contributed by atoms with Crippen molar-refractivity contribution in [2.75, 3.05) is 19.5 Å². The number of carbonyl (C=O) groups excluding carboxylic acids is 1. The third kappa shape index (κ3) is 3.45. The van der Waals surface area contributed by atoms with E-state index in [0.717, 1.165) is 5.69 Å². The predicted octanol–water partition coefficient (Wildman–Crippen LogP) is 2.34. The highest BCUT2D eigenvalue weighted by Crippen LogP contribution is 2.31. The van der Waals surface area contributed by atoms with E-state index >= 15 is 0 Å². The highest BCUT2D eigenvalue weighted by molar-refractivity contribution is 5.85. The topological polar surface area (TPSA) is 73.6 Å². The number of hydrogen-bond donors (Lipinski definition) is 2. The van der Waals surface area contributed by atoms with E-state index in [-0.39, 0.29) is 0 Å². The quantitative estimate of drug-likeness (QED) is 0.855. The van der Waals surface area contributed by atoms with Crippen LogP contribution >= 0.6 is 0 Å². The summed E-state index contributed by atoms with van der Waals surface area (Å²) in [5.74, 6) is 0.709. The van der Waals surface area contributed by atoms with Gasteiger partial charge in [-0.2, -0.15) is 0 Å². The maximum atomic E-state index is 11.8. The van der Waals surface area contributed by atoms with Crippen LogP contribution in [0.25, 0.3) is 0 Å². The summed E-state index contributed by atoms with van der Waals surface area (Å²) in [5.41, 5.74) is 6.96. The first-order valence-corrected chi connectivity index (χ1v) is 6.48. The van der Waals surface area contributed by atoms with Crippen molar-refractivity contribution in [3.05, 3.63) is 54.1 Å². The minimum absolute atomic E-state index is 0.495. The maximum absolute atomic E-state index is 11.8. The molecule has 1 amide bonds. The van der Waals surface area contributed by atoms with E-state index < -0.39 is 11.9 Å². The lowest BCUT2D eigenvalue weighted by Gasteiger charge is -2.20. The maximum Gasteiger partial charge on any atom is 0.244 e. The molecule has 2 aromatic carbocycles. The van der Waals surface area contributed by atoms with Crippen molar-refractivity contribution in [3.63, 3.8) is 0 Å². The number of amides is 1. The van der Waals surface area contributed by atoms with Crippen LogP contribution in [0.4, 0.5) is 5.69 Å². The minimum Gasteiger partial charge on any atom is -0.497 e. The van der Waals surface area contributed by atoms with Gasteiger partial charge >= 0.3 is 0 Å². The molecule has 0 aliphatic rings. The molecule has 0 heterocycles. The van der Waals surface area contributed by atoms with Crippen molar-refractivity contribution < 1.29 is 14.3 Å². The molecule has 0 bridgehead atoms. The van der Waals surface area contributed by atoms with Crippen molar-refractivity contribution in [1.29, 1.82) is 0 Å². The van der Waals surface area contributed by atoms with Crippen LogP contribution < -0.4 is 20.5 Å². The number of primary amides is 1. The van der Waals surface area contributed by atoms with Crippen LogP contribution in [0.1, 0.15) is 11.6 Å². The SMILES string of the molecule is COc1ccc(OC)c(C(Nc2ccccc2)C(N)=O)c1. The van der Waals surface area contributed by atoms with E-state index in [4.69, 9.17) is 15.2 Å². The number of nitrogens with two attached hydrogens (primary N) is 1. The van der Waals surface area contributed by atoms with Gasteiger partial charge in [0.2, 0.25) is 5.91 Å². The molecule has 1 atom stereocenters. The summed E-state index contributed by atoms with van der Waals surface area (Å²) in [5, 5.41) is 3.11. The van der Waals surface area contributed by atoms with Crippen LogP contribution in [0.5, 0.6) is 11.5 Å². The Morgan fingerprint density at radius 1 is 1.10 bits per heavy atom. The molecule has 21 heavy (non-hydrogen) atoms. The summed E-state index contributed by atoms with van der Waals surface area (Å²) in [6.45, 7) is 0. The van der Waals surface area contributed by atoms with Crippen LogP contribution in [0.2, 0.25) is 0 Å². The summed E-state index contributed by atoms with van der Waals surface area (Å²) in [6.07, 6.45) is 0. The molecule has 3 N–H and O–H groups in total. The Morgan fingerprint density at radius 2 is 1.81 bits per heavy atom. The van der Waals surface area contributed by atoms with Gasteiger partial charge in [0.05, 0.1) is 14.2 Å². The summed E-state index contributed by atoms with van der Waals surface area (Å²) in [4.78, 5) is 11.8. The van der Waals surface area contributed by atoms with Gasteiger partial charge in [-0.1, -0.05) is 18.2 Å². The zero-order valence-electron chi connectivity index (χ0n) is 12.0. The number of methoxy groups -OCH3 is 2. The molecule has 2 rings (SSSR count). The zero-order chi connectivity index (χ0) is 15.2. The van der Waals surface area contributed by atoms with Gasteiger partial charge < -0.3 is 20.5 Å². The van der Waals surface area contributed by atoms with Crippen molar-refractivity contribution in [2.24, 2.45) is 5.73 Å². The van der Waals surface area contributed by atoms with Gasteiger partial charge in [-0.25, -0.2) is 0 Å². The Hall–Kier alpha value is -2.69. The van der Waals surface area contributed by atoms with Gasteiger partial charge in [0.25, 0.3) is 0 Å². The fraction of sp³-hybridized carbons (Fsp3) is 0.188. The number of hydrogen-bond acceptors (Lipinski definition) is 4. The molecule has 0 aliphatic heterocycles. The summed E-state index contributed by atoms with van der Waals surface area (Å²) < 4.78 is 10.5. The van der Waals surface area contributed by atoms with Crippen molar-refractivity contribution in [2.45, 2.75) is 6.04 Å². The van der Waals surface area contributed by atoms with Gasteiger partial charge in [-0.3, -0.25) is 4.79 Å². The van der Waals surface area contributed by atoms with Gasteiger partial charge in [-0.15, -0.1) is 0 Å². The molecule has 5 heteroatoms. The number of para-hydroxylation sites is 1. The molecule has 0 saturated carbocycles. The average Bonchev–Trinajstić information content (AvgIpc) is 2.52. The van der Waals surface area contributed by atoms with E-state index in [1.807, 2.05) is 30.3 Å². The molecule has 0 aliphatic carbocycles. The van der Waals surface area contributed by atoms with Gasteiger partial charge in [0.15, 0.2) is 0 Å². The molecule has 0 aromatic heterocycles. The lowest BCUT2D eigenvalue weighted by molar-refractivity contribution is -0.118. The molecule has 0 spiro atoms. The van der Waals surface area contributed by atoms with E-state index in [2.05, 4.69) is 5.32 Å². The van der Waals surface area contributed by atoms with Crippen molar-refractivity contribution >= 4 is 11.6 Å². The van der Waals surface area contributed by atoms with E-state index in [1.54, 1.807) is 32.4 Å². The van der Waals surface area contributed by atoms with Crippen LogP contribution in [-0.2, 0) is 4.79 Å². The molecule has 0 radical (unpaired) electrons. The van der Waals surface area contributed by atoms with Crippen LogP contribution in [0.15, 0.2) is 48.5 Å². The fourth-order valence-electron chi connectivity index (χ4n) is 2.07. The molecular formula is C16H18N2O3. The smallest absolute Gasteiger partial charge is 0.244 e. The lowest BCUT2D eigenvalue weighted by Crippen LogP contribution is -2.28. The first-order chi connectivity index (χ1) is 10.2. The van der Waals surface area contributed by atoms with Crippen LogP contribution in [-0.4, -0.2) is 20.1 Å². The van der Waals surface area contributed by atoms with E-state index in [0.29, 0.717) is 17.1 Å². The van der Waals surface area contributed by atoms with Gasteiger partial charge in [-0.05, 0) is 30.3 Å². The molecule has 5 nitrogen and oxygen atoms in total.